The highest BCUT2D eigenvalue weighted by Crippen LogP contribution is 2.27. The number of methoxy groups -OCH3 is 1. The van der Waals surface area contributed by atoms with Crippen molar-refractivity contribution in [1.82, 2.24) is 10.4 Å². The van der Waals surface area contributed by atoms with Crippen LogP contribution in [0.15, 0.2) is 6.20 Å². The largest absolute Gasteiger partial charge is 0.496 e. The van der Waals surface area contributed by atoms with Crippen molar-refractivity contribution < 1.29 is 9.47 Å². The summed E-state index contributed by atoms with van der Waals surface area (Å²) in [5, 5.41) is 0. The van der Waals surface area contributed by atoms with Gasteiger partial charge in [-0.3, -0.25) is 16.3 Å². The quantitative estimate of drug-likeness (QED) is 0.631. The molecular formula is C15H25N3O2. The van der Waals surface area contributed by atoms with Gasteiger partial charge in [-0.25, -0.2) is 0 Å². The highest BCUT2D eigenvalue weighted by atomic mass is 16.5. The molecule has 0 radical (unpaired) electrons. The normalized spacial score (nSPS) is 18.0. The summed E-state index contributed by atoms with van der Waals surface area (Å²) in [4.78, 5) is 4.56. The zero-order valence-electron chi connectivity index (χ0n) is 12.6. The Morgan fingerprint density at radius 2 is 2.15 bits per heavy atom. The molecule has 0 bridgehead atoms. The molecule has 1 saturated heterocycles. The van der Waals surface area contributed by atoms with Gasteiger partial charge in [0.05, 0.1) is 7.11 Å². The summed E-state index contributed by atoms with van der Waals surface area (Å²) in [6.07, 6.45) is 4.80. The first-order chi connectivity index (χ1) is 9.67. The lowest BCUT2D eigenvalue weighted by atomic mass is 9.88. The van der Waals surface area contributed by atoms with Gasteiger partial charge in [-0.1, -0.05) is 0 Å². The Labute approximate surface area is 120 Å². The van der Waals surface area contributed by atoms with Crippen molar-refractivity contribution in [2.24, 2.45) is 11.8 Å². The fourth-order valence-corrected chi connectivity index (χ4v) is 2.97. The zero-order chi connectivity index (χ0) is 14.5. The zero-order valence-corrected chi connectivity index (χ0v) is 12.6. The second-order valence-electron chi connectivity index (χ2n) is 5.47. The molecule has 20 heavy (non-hydrogen) atoms. The number of aryl methyl sites for hydroxylation is 1. The Balaban J connectivity index is 2.14. The van der Waals surface area contributed by atoms with Gasteiger partial charge in [-0.2, -0.15) is 0 Å². The molecule has 1 aromatic rings. The van der Waals surface area contributed by atoms with Gasteiger partial charge in [-0.15, -0.1) is 0 Å². The second-order valence-corrected chi connectivity index (χ2v) is 5.47. The predicted molar refractivity (Wildman–Crippen MR) is 78.6 cm³/mol. The summed E-state index contributed by atoms with van der Waals surface area (Å²) in [6, 6.07) is 0.234. The van der Waals surface area contributed by atoms with Gasteiger partial charge in [0.15, 0.2) is 0 Å². The van der Waals surface area contributed by atoms with Crippen molar-refractivity contribution >= 4 is 0 Å². The van der Waals surface area contributed by atoms with Gasteiger partial charge in [0, 0.05) is 48.7 Å². The molecule has 1 aliphatic heterocycles. The Hall–Kier alpha value is -1.17. The van der Waals surface area contributed by atoms with Crippen LogP contribution in [0.5, 0.6) is 5.75 Å². The van der Waals surface area contributed by atoms with Crippen LogP contribution < -0.4 is 16.0 Å². The van der Waals surface area contributed by atoms with E-state index in [1.807, 2.05) is 13.1 Å². The molecule has 2 heterocycles. The number of nitrogens with two attached hydrogens (primary N) is 1. The topological polar surface area (TPSA) is 69.4 Å². The van der Waals surface area contributed by atoms with E-state index in [1.54, 1.807) is 7.11 Å². The summed E-state index contributed by atoms with van der Waals surface area (Å²) in [6.45, 7) is 5.73. The average Bonchev–Trinajstić information content (AvgIpc) is 2.48. The summed E-state index contributed by atoms with van der Waals surface area (Å²) in [5.74, 6) is 7.22. The van der Waals surface area contributed by atoms with E-state index in [1.165, 1.54) is 0 Å². The van der Waals surface area contributed by atoms with E-state index in [0.717, 1.165) is 55.0 Å². The molecule has 1 atom stereocenters. The molecule has 0 spiro atoms. The minimum atomic E-state index is 0.234. The van der Waals surface area contributed by atoms with Crippen LogP contribution in [0.3, 0.4) is 0 Å². The number of pyridine rings is 1. The van der Waals surface area contributed by atoms with Gasteiger partial charge in [0.25, 0.3) is 0 Å². The number of hydrogen-bond donors (Lipinski definition) is 2. The fraction of sp³-hybridized carbons (Fsp3) is 0.667. The molecule has 5 nitrogen and oxygen atoms in total. The maximum absolute atomic E-state index is 5.75. The molecular weight excluding hydrogens is 254 g/mol. The lowest BCUT2D eigenvalue weighted by molar-refractivity contribution is 0.0536. The van der Waals surface area contributed by atoms with Crippen molar-refractivity contribution in [2.45, 2.75) is 39.2 Å². The molecule has 1 fully saturated rings. The minimum absolute atomic E-state index is 0.234. The van der Waals surface area contributed by atoms with Crippen LogP contribution in [-0.4, -0.2) is 31.3 Å². The fourth-order valence-electron chi connectivity index (χ4n) is 2.97. The van der Waals surface area contributed by atoms with Gasteiger partial charge < -0.3 is 9.47 Å². The maximum atomic E-state index is 5.75. The molecule has 1 aliphatic rings. The Morgan fingerprint density at radius 1 is 1.45 bits per heavy atom. The summed E-state index contributed by atoms with van der Waals surface area (Å²) in [7, 11) is 1.70. The van der Waals surface area contributed by atoms with Crippen LogP contribution in [-0.2, 0) is 11.2 Å². The average molecular weight is 279 g/mol. The number of hydrogen-bond acceptors (Lipinski definition) is 5. The summed E-state index contributed by atoms with van der Waals surface area (Å²) in [5.41, 5.74) is 6.20. The first-order valence-electron chi connectivity index (χ1n) is 7.20. The minimum Gasteiger partial charge on any atom is -0.496 e. The summed E-state index contributed by atoms with van der Waals surface area (Å²) < 4.78 is 10.9. The van der Waals surface area contributed by atoms with Crippen molar-refractivity contribution in [2.75, 3.05) is 20.3 Å². The number of rotatable bonds is 5. The van der Waals surface area contributed by atoms with Crippen LogP contribution >= 0.6 is 0 Å². The number of ether oxygens (including phenoxy) is 2. The molecule has 5 heteroatoms. The SMILES string of the molecule is COc1c(C)cnc(CC(NN)C2CCOCC2)c1C. The van der Waals surface area contributed by atoms with Gasteiger partial charge in [0.1, 0.15) is 5.75 Å². The third-order valence-electron chi connectivity index (χ3n) is 4.21. The van der Waals surface area contributed by atoms with E-state index in [2.05, 4.69) is 17.3 Å². The van der Waals surface area contributed by atoms with Crippen LogP contribution in [0.4, 0.5) is 0 Å². The predicted octanol–water partition coefficient (Wildman–Crippen LogP) is 1.51. The van der Waals surface area contributed by atoms with E-state index >= 15 is 0 Å². The van der Waals surface area contributed by atoms with Crippen molar-refractivity contribution in [3.8, 4) is 5.75 Å². The van der Waals surface area contributed by atoms with Crippen LogP contribution in [0.25, 0.3) is 0 Å². The van der Waals surface area contributed by atoms with Crippen molar-refractivity contribution in [3.05, 3.63) is 23.0 Å². The monoisotopic (exact) mass is 279 g/mol. The van der Waals surface area contributed by atoms with Crippen LogP contribution in [0.1, 0.15) is 29.7 Å². The smallest absolute Gasteiger partial charge is 0.128 e. The maximum Gasteiger partial charge on any atom is 0.128 e. The number of aromatic nitrogens is 1. The first-order valence-corrected chi connectivity index (χ1v) is 7.20. The first kappa shape index (κ1) is 15.2. The van der Waals surface area contributed by atoms with E-state index in [4.69, 9.17) is 15.3 Å². The molecule has 0 amide bonds. The molecule has 2 rings (SSSR count). The van der Waals surface area contributed by atoms with Crippen molar-refractivity contribution in [1.29, 1.82) is 0 Å². The highest BCUT2D eigenvalue weighted by Gasteiger charge is 2.25. The van der Waals surface area contributed by atoms with Crippen LogP contribution in [0, 0.1) is 19.8 Å². The van der Waals surface area contributed by atoms with Crippen molar-refractivity contribution in [3.63, 3.8) is 0 Å². The molecule has 1 aromatic heterocycles. The Bertz CT molecular complexity index is 445. The Morgan fingerprint density at radius 3 is 2.75 bits per heavy atom. The van der Waals surface area contributed by atoms with E-state index in [9.17, 15) is 0 Å². The van der Waals surface area contributed by atoms with E-state index < -0.39 is 0 Å². The molecule has 3 N–H and O–H groups in total. The third-order valence-corrected chi connectivity index (χ3v) is 4.21. The van der Waals surface area contributed by atoms with Gasteiger partial charge in [-0.05, 0) is 32.6 Å². The number of nitrogens with one attached hydrogen (secondary N) is 1. The van der Waals surface area contributed by atoms with E-state index in [-0.39, 0.29) is 6.04 Å². The third kappa shape index (κ3) is 3.29. The lowest BCUT2D eigenvalue weighted by Gasteiger charge is -2.30. The number of nitrogens with zero attached hydrogens (tertiary/aromatic N) is 1. The summed E-state index contributed by atoms with van der Waals surface area (Å²) >= 11 is 0. The molecule has 112 valence electrons. The lowest BCUT2D eigenvalue weighted by Crippen LogP contribution is -2.44. The molecule has 0 saturated carbocycles. The highest BCUT2D eigenvalue weighted by molar-refractivity contribution is 5.41. The Kier molecular flexibility index (Phi) is 5.34. The number of hydrazine groups is 1. The van der Waals surface area contributed by atoms with Gasteiger partial charge >= 0.3 is 0 Å². The molecule has 0 aromatic carbocycles. The standard InChI is InChI=1S/C15H25N3O2/c1-10-9-17-13(11(2)15(10)19-3)8-14(18-16)12-4-6-20-7-5-12/h9,12,14,18H,4-8,16H2,1-3H3. The van der Waals surface area contributed by atoms with Crippen LogP contribution in [0.2, 0.25) is 0 Å². The second kappa shape index (κ2) is 7.02. The molecule has 1 unspecified atom stereocenters. The van der Waals surface area contributed by atoms with E-state index in [0.29, 0.717) is 5.92 Å². The van der Waals surface area contributed by atoms with Gasteiger partial charge in [0.2, 0.25) is 0 Å². The molecule has 0 aliphatic carbocycles.